The number of furan rings is 1. The first-order valence-corrected chi connectivity index (χ1v) is 15.8. The summed E-state index contributed by atoms with van der Waals surface area (Å²) in [6.07, 6.45) is 5.06. The number of hydrogen-bond acceptors (Lipinski definition) is 2. The fourth-order valence-corrected chi connectivity index (χ4v) is 9.60. The van der Waals surface area contributed by atoms with Gasteiger partial charge in [0.15, 0.2) is 5.58 Å². The second kappa shape index (κ2) is 7.17. The third kappa shape index (κ3) is 2.43. The molecule has 0 bridgehead atoms. The number of nitrogens with zero attached hydrogens (tertiary/aromatic N) is 2. The van der Waals surface area contributed by atoms with Crippen LogP contribution in [-0.4, -0.2) is 16.9 Å². The highest BCUT2D eigenvalue weighted by Crippen LogP contribution is 2.62. The van der Waals surface area contributed by atoms with Gasteiger partial charge in [0.05, 0.1) is 11.1 Å². The molecule has 2 aromatic heterocycles. The second-order valence-electron chi connectivity index (χ2n) is 14.8. The SMILES string of the molecule is CC(C)(C)c1cc2c3c(c1)N1c4c(cccc4C4(C)CCCCC14C)B3n1c3c-2cccc3c2oc3ccccc3c21. The zero-order valence-electron chi connectivity index (χ0n) is 25.1. The van der Waals surface area contributed by atoms with E-state index in [1.54, 1.807) is 5.56 Å². The number of aromatic nitrogens is 1. The third-order valence-electron chi connectivity index (χ3n) is 11.9. The number of fused-ring (bicyclic) bond motifs is 12. The molecule has 5 heterocycles. The highest BCUT2D eigenvalue weighted by Gasteiger charge is 2.61. The Kier molecular flexibility index (Phi) is 4.03. The molecule has 3 nitrogen and oxygen atoms in total. The van der Waals surface area contributed by atoms with E-state index in [1.807, 2.05) is 0 Å². The number of para-hydroxylation sites is 3. The summed E-state index contributed by atoms with van der Waals surface area (Å²) in [7, 11) is 0. The fourth-order valence-electron chi connectivity index (χ4n) is 9.60. The first-order chi connectivity index (χ1) is 20.2. The van der Waals surface area contributed by atoms with Gasteiger partial charge in [0, 0.05) is 38.6 Å². The summed E-state index contributed by atoms with van der Waals surface area (Å²) in [6.45, 7) is 12.3. The van der Waals surface area contributed by atoms with E-state index in [1.165, 1.54) is 86.5 Å². The minimum Gasteiger partial charge on any atom is -0.454 e. The van der Waals surface area contributed by atoms with Crippen molar-refractivity contribution >= 4 is 62.1 Å². The lowest BCUT2D eigenvalue weighted by Crippen LogP contribution is -2.62. The van der Waals surface area contributed by atoms with Gasteiger partial charge in [-0.3, -0.25) is 0 Å². The van der Waals surface area contributed by atoms with Gasteiger partial charge in [0.2, 0.25) is 0 Å². The van der Waals surface area contributed by atoms with Gasteiger partial charge in [0.1, 0.15) is 5.58 Å². The normalized spacial score (nSPS) is 23.5. The molecule has 0 saturated heterocycles. The molecule has 4 aromatic carbocycles. The van der Waals surface area contributed by atoms with Gasteiger partial charge in [-0.1, -0.05) is 89.1 Å². The number of hydrogen-bond donors (Lipinski definition) is 0. The zero-order chi connectivity index (χ0) is 28.3. The van der Waals surface area contributed by atoms with Crippen molar-refractivity contribution in [3.63, 3.8) is 0 Å². The van der Waals surface area contributed by atoms with E-state index in [4.69, 9.17) is 4.42 Å². The lowest BCUT2D eigenvalue weighted by atomic mass is 9.44. The molecule has 0 N–H and O–H groups in total. The van der Waals surface area contributed by atoms with Crippen LogP contribution in [0.4, 0.5) is 11.4 Å². The van der Waals surface area contributed by atoms with Crippen LogP contribution >= 0.6 is 0 Å². The predicted molar refractivity (Wildman–Crippen MR) is 177 cm³/mol. The first kappa shape index (κ1) is 23.6. The van der Waals surface area contributed by atoms with Crippen molar-refractivity contribution in [2.45, 2.75) is 76.7 Å². The Balaban J connectivity index is 1.44. The molecule has 4 aliphatic rings. The molecule has 3 aliphatic heterocycles. The van der Waals surface area contributed by atoms with Crippen LogP contribution < -0.4 is 15.8 Å². The Morgan fingerprint density at radius 3 is 2.45 bits per heavy atom. The van der Waals surface area contributed by atoms with Crippen LogP contribution in [0.2, 0.25) is 0 Å². The van der Waals surface area contributed by atoms with Crippen molar-refractivity contribution in [1.82, 2.24) is 4.48 Å². The monoisotopic (exact) mass is 546 g/mol. The van der Waals surface area contributed by atoms with Crippen LogP contribution in [0, 0.1) is 0 Å². The predicted octanol–water partition coefficient (Wildman–Crippen LogP) is 8.53. The molecule has 2 atom stereocenters. The summed E-state index contributed by atoms with van der Waals surface area (Å²) in [5.41, 5.74) is 16.2. The standard InChI is InChI=1S/C38H35BN2O/c1-36(2,3)22-20-26-23-13-10-14-25-32(23)41(33-24-12-6-7-17-30(24)42-35(25)33)39-28-16-11-15-27-34(28)40(29(21-22)31(26)39)38(5)19-9-8-18-37(27,38)4/h6-7,10-17,20-21H,8-9,18-19H2,1-5H3. The van der Waals surface area contributed by atoms with Crippen molar-refractivity contribution in [3.05, 3.63) is 83.9 Å². The van der Waals surface area contributed by atoms with Gasteiger partial charge in [0.25, 0.3) is 0 Å². The van der Waals surface area contributed by atoms with Crippen molar-refractivity contribution in [2.24, 2.45) is 0 Å². The highest BCUT2D eigenvalue weighted by atomic mass is 16.3. The molecule has 1 fully saturated rings. The van der Waals surface area contributed by atoms with Gasteiger partial charge in [-0.2, -0.15) is 0 Å². The molecule has 1 aliphatic carbocycles. The molecular weight excluding hydrogens is 511 g/mol. The van der Waals surface area contributed by atoms with E-state index in [0.717, 1.165) is 11.2 Å². The molecule has 2 unspecified atom stereocenters. The van der Waals surface area contributed by atoms with Gasteiger partial charge in [-0.25, -0.2) is 0 Å². The van der Waals surface area contributed by atoms with Gasteiger partial charge in [-0.05, 0) is 77.1 Å². The van der Waals surface area contributed by atoms with Crippen molar-refractivity contribution in [3.8, 4) is 11.1 Å². The smallest absolute Gasteiger partial charge is 0.333 e. The van der Waals surface area contributed by atoms with Crippen LogP contribution in [-0.2, 0) is 10.8 Å². The molecule has 0 radical (unpaired) electrons. The van der Waals surface area contributed by atoms with E-state index >= 15 is 0 Å². The molecule has 1 saturated carbocycles. The second-order valence-corrected chi connectivity index (χ2v) is 14.8. The Morgan fingerprint density at radius 1 is 0.810 bits per heavy atom. The Bertz CT molecular complexity index is 2190. The lowest BCUT2D eigenvalue weighted by molar-refractivity contribution is 0.195. The summed E-state index contributed by atoms with van der Waals surface area (Å²) < 4.78 is 9.33. The molecular formula is C38H35BN2O. The largest absolute Gasteiger partial charge is 0.454 e. The summed E-state index contributed by atoms with van der Waals surface area (Å²) in [5, 5.41) is 2.42. The van der Waals surface area contributed by atoms with Crippen LogP contribution in [0.5, 0.6) is 0 Å². The Labute approximate surface area is 247 Å². The molecule has 6 aromatic rings. The summed E-state index contributed by atoms with van der Waals surface area (Å²) >= 11 is 0. The van der Waals surface area contributed by atoms with Crippen LogP contribution in [0.1, 0.15) is 71.4 Å². The van der Waals surface area contributed by atoms with Crippen molar-refractivity contribution < 1.29 is 4.42 Å². The molecule has 0 spiro atoms. The third-order valence-corrected chi connectivity index (χ3v) is 11.9. The van der Waals surface area contributed by atoms with Crippen LogP contribution in [0.25, 0.3) is 44.1 Å². The summed E-state index contributed by atoms with van der Waals surface area (Å²) in [5.74, 6) is 0. The fraction of sp³-hybridized carbons (Fsp3) is 0.316. The van der Waals surface area contributed by atoms with E-state index < -0.39 is 0 Å². The number of rotatable bonds is 0. The van der Waals surface area contributed by atoms with Crippen molar-refractivity contribution in [2.75, 3.05) is 4.90 Å². The minimum atomic E-state index is 0.0362. The average molecular weight is 547 g/mol. The van der Waals surface area contributed by atoms with Gasteiger partial charge in [-0.15, -0.1) is 0 Å². The number of benzene rings is 4. The van der Waals surface area contributed by atoms with E-state index in [2.05, 4.69) is 117 Å². The maximum absolute atomic E-state index is 6.67. The first-order valence-electron chi connectivity index (χ1n) is 15.8. The van der Waals surface area contributed by atoms with Crippen LogP contribution in [0.15, 0.2) is 77.2 Å². The summed E-state index contributed by atoms with van der Waals surface area (Å²) in [6, 6.07) is 27.7. The molecule has 4 heteroatoms. The topological polar surface area (TPSA) is 21.3 Å². The minimum absolute atomic E-state index is 0.0362. The Morgan fingerprint density at radius 2 is 1.60 bits per heavy atom. The lowest BCUT2D eigenvalue weighted by Gasteiger charge is -2.52. The van der Waals surface area contributed by atoms with E-state index in [9.17, 15) is 0 Å². The average Bonchev–Trinajstić information content (AvgIpc) is 3.58. The summed E-state index contributed by atoms with van der Waals surface area (Å²) in [4.78, 5) is 2.83. The molecule has 206 valence electrons. The zero-order valence-corrected chi connectivity index (χ0v) is 25.1. The molecule has 42 heavy (non-hydrogen) atoms. The Hall–Kier alpha value is -3.92. The number of anilines is 2. The van der Waals surface area contributed by atoms with E-state index in [0.29, 0.717) is 0 Å². The van der Waals surface area contributed by atoms with Gasteiger partial charge < -0.3 is 13.8 Å². The molecule has 0 amide bonds. The van der Waals surface area contributed by atoms with Crippen molar-refractivity contribution in [1.29, 1.82) is 0 Å². The van der Waals surface area contributed by atoms with Crippen LogP contribution in [0.3, 0.4) is 0 Å². The quantitative estimate of drug-likeness (QED) is 0.178. The maximum Gasteiger partial charge on any atom is 0.333 e. The highest BCUT2D eigenvalue weighted by molar-refractivity contribution is 6.90. The van der Waals surface area contributed by atoms with E-state index in [-0.39, 0.29) is 23.2 Å². The maximum atomic E-state index is 6.67. The molecule has 10 rings (SSSR count). The van der Waals surface area contributed by atoms with Gasteiger partial charge >= 0.3 is 6.85 Å².